The van der Waals surface area contributed by atoms with E-state index < -0.39 is 0 Å². The van der Waals surface area contributed by atoms with Gasteiger partial charge in [-0.1, -0.05) is 0 Å². The van der Waals surface area contributed by atoms with Crippen LogP contribution in [0.4, 0.5) is 5.13 Å². The lowest BCUT2D eigenvalue weighted by Gasteiger charge is -2.22. The Labute approximate surface area is 167 Å². The molecule has 6 nitrogen and oxygen atoms in total. The Balaban J connectivity index is 0.00000243. The molecule has 0 aliphatic carbocycles. The molecular formula is C17H22ClN3O3S2. The number of carbonyl (C=O) groups is 1. The highest BCUT2D eigenvalue weighted by molar-refractivity contribution is 7.99. The van der Waals surface area contributed by atoms with Crippen LogP contribution in [0.15, 0.2) is 23.6 Å². The maximum absolute atomic E-state index is 12.2. The largest absolute Gasteiger partial charge is 0.497 e. The zero-order valence-corrected chi connectivity index (χ0v) is 17.1. The van der Waals surface area contributed by atoms with E-state index in [1.165, 1.54) is 11.3 Å². The molecule has 1 aromatic heterocycles. The quantitative estimate of drug-likeness (QED) is 0.754. The molecule has 0 saturated carbocycles. The summed E-state index contributed by atoms with van der Waals surface area (Å²) in [4.78, 5) is 16.7. The topological polar surface area (TPSA) is 72.5 Å². The molecule has 1 saturated heterocycles. The summed E-state index contributed by atoms with van der Waals surface area (Å²) in [5.74, 6) is 3.51. The molecule has 9 heteroatoms. The lowest BCUT2D eigenvalue weighted by molar-refractivity contribution is -0.116. The average Bonchev–Trinajstić information content (AvgIpc) is 3.10. The van der Waals surface area contributed by atoms with Gasteiger partial charge in [-0.2, -0.15) is 11.8 Å². The number of hydrogen-bond donors (Lipinski definition) is 2. The van der Waals surface area contributed by atoms with Gasteiger partial charge in [0.15, 0.2) is 5.13 Å². The number of halogens is 1. The number of thioether (sulfide) groups is 1. The number of anilines is 1. The Morgan fingerprint density at radius 3 is 2.92 bits per heavy atom. The van der Waals surface area contributed by atoms with Gasteiger partial charge in [0, 0.05) is 41.5 Å². The second kappa shape index (κ2) is 10.0. The first kappa shape index (κ1) is 20.8. The smallest absolute Gasteiger partial charge is 0.227 e. The lowest BCUT2D eigenvalue weighted by Crippen LogP contribution is -2.39. The van der Waals surface area contributed by atoms with Gasteiger partial charge < -0.3 is 20.1 Å². The van der Waals surface area contributed by atoms with Crippen LogP contribution >= 0.6 is 35.5 Å². The van der Waals surface area contributed by atoms with Gasteiger partial charge in [0.1, 0.15) is 11.5 Å². The van der Waals surface area contributed by atoms with Crippen LogP contribution in [0.1, 0.15) is 6.42 Å². The minimum Gasteiger partial charge on any atom is -0.497 e. The van der Waals surface area contributed by atoms with E-state index in [0.29, 0.717) is 17.3 Å². The van der Waals surface area contributed by atoms with Crippen molar-refractivity contribution in [2.75, 3.05) is 37.6 Å². The van der Waals surface area contributed by atoms with Gasteiger partial charge in [-0.3, -0.25) is 4.79 Å². The van der Waals surface area contributed by atoms with Crippen LogP contribution in [-0.2, 0) is 4.79 Å². The third-order valence-electron chi connectivity index (χ3n) is 3.86. The number of amides is 1. The van der Waals surface area contributed by atoms with Crippen molar-refractivity contribution in [3.05, 3.63) is 23.6 Å². The van der Waals surface area contributed by atoms with Crippen molar-refractivity contribution >= 4 is 46.5 Å². The van der Waals surface area contributed by atoms with Crippen molar-refractivity contribution < 1.29 is 14.3 Å². The molecule has 0 bridgehead atoms. The third-order valence-corrected chi connectivity index (χ3v) is 5.75. The summed E-state index contributed by atoms with van der Waals surface area (Å²) in [6, 6.07) is 5.80. The predicted molar refractivity (Wildman–Crippen MR) is 110 cm³/mol. The Morgan fingerprint density at radius 1 is 1.38 bits per heavy atom. The minimum atomic E-state index is -0.0153. The molecule has 1 aromatic carbocycles. The van der Waals surface area contributed by atoms with Crippen molar-refractivity contribution in [1.29, 1.82) is 0 Å². The van der Waals surface area contributed by atoms with E-state index in [0.717, 1.165) is 35.1 Å². The first-order chi connectivity index (χ1) is 12.2. The number of aromatic nitrogens is 1. The van der Waals surface area contributed by atoms with Gasteiger partial charge in [0.2, 0.25) is 5.91 Å². The molecule has 1 amide bonds. The maximum atomic E-state index is 12.2. The zero-order chi connectivity index (χ0) is 17.6. The van der Waals surface area contributed by atoms with E-state index in [4.69, 9.17) is 9.47 Å². The van der Waals surface area contributed by atoms with Gasteiger partial charge in [0.25, 0.3) is 0 Å². The van der Waals surface area contributed by atoms with Crippen molar-refractivity contribution in [1.82, 2.24) is 10.3 Å². The van der Waals surface area contributed by atoms with Gasteiger partial charge >= 0.3 is 0 Å². The molecule has 1 atom stereocenters. The second-order valence-corrected chi connectivity index (χ2v) is 7.59. The number of benzene rings is 1. The molecule has 26 heavy (non-hydrogen) atoms. The van der Waals surface area contributed by atoms with E-state index in [2.05, 4.69) is 15.6 Å². The fraction of sp³-hybridized carbons (Fsp3) is 0.412. The van der Waals surface area contributed by atoms with Crippen LogP contribution in [0, 0.1) is 0 Å². The highest BCUT2D eigenvalue weighted by Crippen LogP contribution is 2.35. The Morgan fingerprint density at radius 2 is 2.23 bits per heavy atom. The molecule has 0 spiro atoms. The van der Waals surface area contributed by atoms with Crippen LogP contribution in [0.3, 0.4) is 0 Å². The van der Waals surface area contributed by atoms with Gasteiger partial charge in [-0.05, 0) is 18.2 Å². The van der Waals surface area contributed by atoms with Crippen LogP contribution in [0.25, 0.3) is 11.3 Å². The second-order valence-electron chi connectivity index (χ2n) is 5.58. The molecule has 2 aromatic rings. The summed E-state index contributed by atoms with van der Waals surface area (Å²) in [6.07, 6.45) is 0.463. The molecule has 2 N–H and O–H groups in total. The molecule has 2 heterocycles. The average molecular weight is 416 g/mol. The maximum Gasteiger partial charge on any atom is 0.227 e. The van der Waals surface area contributed by atoms with Crippen molar-refractivity contribution in [3.63, 3.8) is 0 Å². The van der Waals surface area contributed by atoms with Gasteiger partial charge in [-0.15, -0.1) is 23.7 Å². The summed E-state index contributed by atoms with van der Waals surface area (Å²) in [5, 5.41) is 8.75. The molecule has 1 fully saturated rings. The Bertz CT molecular complexity index is 736. The van der Waals surface area contributed by atoms with Crippen molar-refractivity contribution in [3.8, 4) is 22.8 Å². The first-order valence-corrected chi connectivity index (χ1v) is 10.0. The summed E-state index contributed by atoms with van der Waals surface area (Å²) in [5.41, 5.74) is 1.59. The van der Waals surface area contributed by atoms with Crippen LogP contribution < -0.4 is 20.1 Å². The molecule has 3 rings (SSSR count). The van der Waals surface area contributed by atoms with E-state index in [1.807, 2.05) is 35.3 Å². The lowest BCUT2D eigenvalue weighted by atomic mass is 10.1. The van der Waals surface area contributed by atoms with Gasteiger partial charge in [-0.25, -0.2) is 4.98 Å². The fourth-order valence-electron chi connectivity index (χ4n) is 2.61. The summed E-state index contributed by atoms with van der Waals surface area (Å²) < 4.78 is 10.7. The number of nitrogens with one attached hydrogen (secondary N) is 2. The van der Waals surface area contributed by atoms with E-state index >= 15 is 0 Å². The number of thiazole rings is 1. The zero-order valence-electron chi connectivity index (χ0n) is 14.6. The van der Waals surface area contributed by atoms with Crippen LogP contribution in [-0.4, -0.2) is 49.2 Å². The number of nitrogens with zero attached hydrogens (tertiary/aromatic N) is 1. The normalized spacial score (nSPS) is 16.5. The fourth-order valence-corrected chi connectivity index (χ4v) is 4.29. The number of rotatable bonds is 6. The monoisotopic (exact) mass is 415 g/mol. The summed E-state index contributed by atoms with van der Waals surface area (Å²) in [6.45, 7) is 0.958. The van der Waals surface area contributed by atoms with Gasteiger partial charge in [0.05, 0.1) is 19.9 Å². The minimum absolute atomic E-state index is 0. The Kier molecular flexibility index (Phi) is 8.02. The van der Waals surface area contributed by atoms with Crippen molar-refractivity contribution in [2.24, 2.45) is 0 Å². The predicted octanol–water partition coefficient (Wildman–Crippen LogP) is 3.28. The molecule has 142 valence electrons. The van der Waals surface area contributed by atoms with E-state index in [-0.39, 0.29) is 24.4 Å². The SMILES string of the molecule is COc1ccc(OC)c(-c2csc(NC(=O)CC3CSCCN3)n2)c1.Cl. The summed E-state index contributed by atoms with van der Waals surface area (Å²) >= 11 is 3.28. The van der Waals surface area contributed by atoms with E-state index in [9.17, 15) is 4.79 Å². The molecule has 1 unspecified atom stereocenters. The van der Waals surface area contributed by atoms with Crippen molar-refractivity contribution in [2.45, 2.75) is 12.5 Å². The number of methoxy groups -OCH3 is 2. The Hall–Kier alpha value is -1.48. The highest BCUT2D eigenvalue weighted by Gasteiger charge is 2.18. The molecular weight excluding hydrogens is 394 g/mol. The summed E-state index contributed by atoms with van der Waals surface area (Å²) in [7, 11) is 3.24. The number of hydrogen-bond acceptors (Lipinski definition) is 7. The molecule has 0 radical (unpaired) electrons. The van der Waals surface area contributed by atoms with Crippen LogP contribution in [0.2, 0.25) is 0 Å². The molecule has 1 aliphatic heterocycles. The van der Waals surface area contributed by atoms with E-state index in [1.54, 1.807) is 14.2 Å². The highest BCUT2D eigenvalue weighted by atomic mass is 35.5. The molecule has 1 aliphatic rings. The third kappa shape index (κ3) is 5.26. The first-order valence-electron chi connectivity index (χ1n) is 7.98. The number of ether oxygens (including phenoxy) is 2. The van der Waals surface area contributed by atoms with Crippen LogP contribution in [0.5, 0.6) is 11.5 Å². The number of carbonyl (C=O) groups excluding carboxylic acids is 1. The standard InChI is InChI=1S/C17H21N3O3S2.ClH/c1-22-12-3-4-15(23-2)13(8-12)14-10-25-17(19-14)20-16(21)7-11-9-24-6-5-18-11;/h3-4,8,10-11,18H,5-7,9H2,1-2H3,(H,19,20,21);1H.